The fraction of sp³-hybridized carbons (Fsp3) is 0.286. The molecule has 0 saturated carbocycles. The molecule has 0 aliphatic rings. The Labute approximate surface area is 159 Å². The first-order valence-electron chi connectivity index (χ1n) is 8.78. The van der Waals surface area contributed by atoms with Crippen molar-refractivity contribution in [2.24, 2.45) is 5.10 Å². The molecule has 0 saturated heterocycles. The van der Waals surface area contributed by atoms with Gasteiger partial charge < -0.3 is 9.47 Å². The number of aryl methyl sites for hydroxylation is 2. The van der Waals surface area contributed by atoms with Gasteiger partial charge in [0, 0.05) is 0 Å². The summed E-state index contributed by atoms with van der Waals surface area (Å²) in [5.74, 6) is -0.264. The van der Waals surface area contributed by atoms with Crippen molar-refractivity contribution in [3.8, 4) is 5.75 Å². The molecule has 6 nitrogen and oxygen atoms in total. The van der Waals surface area contributed by atoms with Crippen molar-refractivity contribution in [1.29, 1.82) is 0 Å². The fourth-order valence-corrected chi connectivity index (χ4v) is 2.29. The number of esters is 1. The molecule has 0 spiro atoms. The predicted molar refractivity (Wildman–Crippen MR) is 104 cm³/mol. The number of ether oxygens (including phenoxy) is 2. The van der Waals surface area contributed by atoms with E-state index in [9.17, 15) is 9.59 Å². The number of carbonyl (C=O) groups excluding carboxylic acids is 2. The van der Waals surface area contributed by atoms with Crippen LogP contribution in [0.5, 0.6) is 5.75 Å². The van der Waals surface area contributed by atoms with Crippen LogP contribution in [-0.2, 0) is 9.53 Å². The van der Waals surface area contributed by atoms with Crippen molar-refractivity contribution in [1.82, 2.24) is 5.43 Å². The van der Waals surface area contributed by atoms with Gasteiger partial charge in [-0.3, -0.25) is 4.79 Å². The molecule has 0 aliphatic heterocycles. The van der Waals surface area contributed by atoms with Crippen molar-refractivity contribution >= 4 is 18.1 Å². The number of nitrogens with zero attached hydrogens (tertiary/aromatic N) is 1. The second-order valence-corrected chi connectivity index (χ2v) is 6.10. The molecule has 2 rings (SSSR count). The molecule has 0 aromatic heterocycles. The van der Waals surface area contributed by atoms with Gasteiger partial charge in [0.25, 0.3) is 5.91 Å². The number of hydrogen-bond donors (Lipinski definition) is 1. The molecule has 0 radical (unpaired) electrons. The molecule has 0 bridgehead atoms. The normalized spacial score (nSPS) is 10.6. The number of amides is 1. The van der Waals surface area contributed by atoms with Gasteiger partial charge in [0.2, 0.25) is 0 Å². The van der Waals surface area contributed by atoms with Crippen molar-refractivity contribution in [2.75, 3.05) is 13.2 Å². The Kier molecular flexibility index (Phi) is 7.55. The highest BCUT2D eigenvalue weighted by Crippen LogP contribution is 2.13. The molecule has 0 heterocycles. The van der Waals surface area contributed by atoms with Crippen LogP contribution >= 0.6 is 0 Å². The minimum absolute atomic E-state index is 0.177. The maximum atomic E-state index is 11.8. The van der Waals surface area contributed by atoms with Crippen LogP contribution in [0.2, 0.25) is 0 Å². The summed E-state index contributed by atoms with van der Waals surface area (Å²) in [5.41, 5.74) is 6.07. The quantitative estimate of drug-likeness (QED) is 0.440. The minimum Gasteiger partial charge on any atom is -0.484 e. The lowest BCUT2D eigenvalue weighted by Gasteiger charge is -2.07. The number of hydrazone groups is 1. The lowest BCUT2D eigenvalue weighted by molar-refractivity contribution is -0.123. The van der Waals surface area contributed by atoms with E-state index in [2.05, 4.69) is 10.5 Å². The van der Waals surface area contributed by atoms with Gasteiger partial charge in [0.1, 0.15) is 5.75 Å². The highest BCUT2D eigenvalue weighted by molar-refractivity contribution is 5.89. The highest BCUT2D eigenvalue weighted by atomic mass is 16.5. The molecule has 0 atom stereocenters. The van der Waals surface area contributed by atoms with E-state index in [0.29, 0.717) is 17.9 Å². The van der Waals surface area contributed by atoms with Crippen LogP contribution in [0.25, 0.3) is 0 Å². The molecule has 0 fully saturated rings. The van der Waals surface area contributed by atoms with Gasteiger partial charge in [-0.05, 0) is 55.7 Å². The van der Waals surface area contributed by atoms with E-state index in [1.807, 2.05) is 39.0 Å². The topological polar surface area (TPSA) is 77.0 Å². The molecule has 0 unspecified atom stereocenters. The van der Waals surface area contributed by atoms with E-state index >= 15 is 0 Å². The summed E-state index contributed by atoms with van der Waals surface area (Å²) < 4.78 is 10.4. The Bertz CT molecular complexity index is 813. The Balaban J connectivity index is 1.79. The second kappa shape index (κ2) is 10.1. The first-order valence-corrected chi connectivity index (χ1v) is 8.78. The molecule has 2 aromatic rings. The third-order valence-corrected chi connectivity index (χ3v) is 3.72. The van der Waals surface area contributed by atoms with E-state index in [1.165, 1.54) is 5.56 Å². The number of rotatable bonds is 8. The Morgan fingerprint density at radius 3 is 2.52 bits per heavy atom. The number of benzene rings is 2. The molecule has 0 aliphatic carbocycles. The summed E-state index contributed by atoms with van der Waals surface area (Å²) in [6.45, 7) is 6.15. The Hall–Kier alpha value is -3.15. The van der Waals surface area contributed by atoms with Gasteiger partial charge in [0.05, 0.1) is 18.4 Å². The largest absolute Gasteiger partial charge is 0.484 e. The summed E-state index contributed by atoms with van der Waals surface area (Å²) in [5, 5.41) is 3.94. The van der Waals surface area contributed by atoms with Crippen molar-refractivity contribution in [2.45, 2.75) is 27.2 Å². The zero-order valence-electron chi connectivity index (χ0n) is 15.8. The molecule has 142 valence electrons. The SMILES string of the molecule is CCCOC(=O)c1ccc(OCC(=O)NN=Cc2ccc(C)cc2C)cc1. The Morgan fingerprint density at radius 1 is 1.11 bits per heavy atom. The van der Waals surface area contributed by atoms with Crippen LogP contribution in [0.4, 0.5) is 0 Å². The van der Waals surface area contributed by atoms with E-state index in [0.717, 1.165) is 17.5 Å². The lowest BCUT2D eigenvalue weighted by Crippen LogP contribution is -2.24. The summed E-state index contributed by atoms with van der Waals surface area (Å²) in [6.07, 6.45) is 2.37. The van der Waals surface area contributed by atoms with Crippen molar-refractivity contribution < 1.29 is 19.1 Å². The molecular weight excluding hydrogens is 344 g/mol. The van der Waals surface area contributed by atoms with E-state index in [-0.39, 0.29) is 18.5 Å². The number of nitrogens with one attached hydrogen (secondary N) is 1. The van der Waals surface area contributed by atoms with Gasteiger partial charge in [0.15, 0.2) is 6.61 Å². The number of hydrogen-bond acceptors (Lipinski definition) is 5. The van der Waals surface area contributed by atoms with Gasteiger partial charge >= 0.3 is 5.97 Å². The lowest BCUT2D eigenvalue weighted by atomic mass is 10.1. The van der Waals surface area contributed by atoms with Crippen molar-refractivity contribution in [3.63, 3.8) is 0 Å². The summed E-state index contributed by atoms with van der Waals surface area (Å²) in [6, 6.07) is 12.4. The monoisotopic (exact) mass is 368 g/mol. The third kappa shape index (κ3) is 6.58. The van der Waals surface area contributed by atoms with E-state index in [1.54, 1.807) is 30.5 Å². The molecule has 27 heavy (non-hydrogen) atoms. The van der Waals surface area contributed by atoms with Gasteiger partial charge in [-0.1, -0.05) is 30.7 Å². The summed E-state index contributed by atoms with van der Waals surface area (Å²) in [4.78, 5) is 23.5. The molecule has 1 N–H and O–H groups in total. The maximum absolute atomic E-state index is 11.8. The predicted octanol–water partition coefficient (Wildman–Crippen LogP) is 3.40. The van der Waals surface area contributed by atoms with Gasteiger partial charge in [-0.25, -0.2) is 10.2 Å². The fourth-order valence-electron chi connectivity index (χ4n) is 2.29. The zero-order chi connectivity index (χ0) is 19.6. The average molecular weight is 368 g/mol. The van der Waals surface area contributed by atoms with Crippen molar-refractivity contribution in [3.05, 3.63) is 64.7 Å². The number of carbonyl (C=O) groups is 2. The first kappa shape index (κ1) is 20.2. The van der Waals surface area contributed by atoms with E-state index in [4.69, 9.17) is 9.47 Å². The van der Waals surface area contributed by atoms with E-state index < -0.39 is 0 Å². The summed E-state index contributed by atoms with van der Waals surface area (Å²) >= 11 is 0. The first-order chi connectivity index (χ1) is 13.0. The standard InChI is InChI=1S/C21H24N2O4/c1-4-11-26-21(25)17-7-9-19(10-8-17)27-14-20(24)23-22-13-18-6-5-15(2)12-16(18)3/h5-10,12-13H,4,11,14H2,1-3H3,(H,23,24). The zero-order valence-corrected chi connectivity index (χ0v) is 15.8. The van der Waals surface area contributed by atoms with Crippen LogP contribution in [0.15, 0.2) is 47.6 Å². The van der Waals surface area contributed by atoms with Crippen LogP contribution in [0.3, 0.4) is 0 Å². The Morgan fingerprint density at radius 2 is 1.85 bits per heavy atom. The van der Waals surface area contributed by atoms with Gasteiger partial charge in [-0.15, -0.1) is 0 Å². The third-order valence-electron chi connectivity index (χ3n) is 3.72. The molecular formula is C21H24N2O4. The second-order valence-electron chi connectivity index (χ2n) is 6.10. The van der Waals surface area contributed by atoms with Crippen LogP contribution in [0, 0.1) is 13.8 Å². The van der Waals surface area contributed by atoms with Crippen LogP contribution < -0.4 is 10.2 Å². The maximum Gasteiger partial charge on any atom is 0.338 e. The van der Waals surface area contributed by atoms with Gasteiger partial charge in [-0.2, -0.15) is 5.10 Å². The average Bonchev–Trinajstić information content (AvgIpc) is 2.66. The smallest absolute Gasteiger partial charge is 0.338 e. The highest BCUT2D eigenvalue weighted by Gasteiger charge is 2.07. The molecule has 1 amide bonds. The molecule has 2 aromatic carbocycles. The molecule has 6 heteroatoms. The van der Waals surface area contributed by atoms with Crippen LogP contribution in [-0.4, -0.2) is 31.3 Å². The summed E-state index contributed by atoms with van der Waals surface area (Å²) in [7, 11) is 0. The van der Waals surface area contributed by atoms with Crippen LogP contribution in [0.1, 0.15) is 40.4 Å². The minimum atomic E-state index is -0.373.